The summed E-state index contributed by atoms with van der Waals surface area (Å²) in [6, 6.07) is 9.90. The van der Waals surface area contributed by atoms with Crippen molar-refractivity contribution in [3.05, 3.63) is 42.1 Å². The molecular weight excluding hydrogens is 587 g/mol. The fourth-order valence-corrected chi connectivity index (χ4v) is 6.46. The summed E-state index contributed by atoms with van der Waals surface area (Å²) >= 11 is 0. The second-order valence-electron chi connectivity index (χ2n) is 10.7. The molecule has 2 aromatic rings. The molecule has 2 N–H and O–H groups in total. The minimum Gasteiger partial charge on any atom is -0.449 e. The van der Waals surface area contributed by atoms with Crippen molar-refractivity contribution >= 4 is 31.3 Å². The third-order valence-corrected chi connectivity index (χ3v) is 9.27. The molecule has 0 unspecified atom stereocenters. The lowest BCUT2D eigenvalue weighted by atomic mass is 10.2. The lowest BCUT2D eigenvalue weighted by molar-refractivity contribution is -0.134. The first-order valence-electron chi connectivity index (χ1n) is 15.4. The summed E-state index contributed by atoms with van der Waals surface area (Å²) in [5, 5.41) is 6.08. The first kappa shape index (κ1) is 33.4. The van der Waals surface area contributed by atoms with Crippen LogP contribution in [0, 0.1) is 0 Å². The van der Waals surface area contributed by atoms with Gasteiger partial charge in [0, 0.05) is 43.9 Å². The summed E-state index contributed by atoms with van der Waals surface area (Å²) in [6.45, 7) is 6.93. The second-order valence-corrected chi connectivity index (χ2v) is 12.8. The zero-order valence-corrected chi connectivity index (χ0v) is 26.6. The molecule has 0 radical (unpaired) electrons. The van der Waals surface area contributed by atoms with Crippen molar-refractivity contribution in [2.45, 2.75) is 58.5 Å². The Morgan fingerprint density at radius 2 is 1.64 bits per heavy atom. The Morgan fingerprint density at radius 1 is 0.977 bits per heavy atom. The van der Waals surface area contributed by atoms with Gasteiger partial charge in [0.1, 0.15) is 17.6 Å². The van der Waals surface area contributed by atoms with Crippen molar-refractivity contribution in [3.63, 3.8) is 0 Å². The van der Waals surface area contributed by atoms with Gasteiger partial charge in [-0.05, 0) is 33.1 Å². The fourth-order valence-electron chi connectivity index (χ4n) is 4.69. The zero-order valence-electron chi connectivity index (χ0n) is 25.7. The number of unbranched alkanes of at least 4 members (excludes halogenated alkanes) is 1. The SMILES string of the molecule is CCCCOC(=O)N1CCN(C(=O)[C@H](CP(=O)(OCC)OCC)NC(=O)c2cc(NC3CC3)nc(-c3ccccc3)n2)CC1. The predicted octanol–water partition coefficient (Wildman–Crippen LogP) is 4.16. The number of amides is 3. The fraction of sp³-hybridized carbons (Fsp3) is 0.567. The maximum Gasteiger partial charge on any atom is 0.409 e. The van der Waals surface area contributed by atoms with E-state index >= 15 is 0 Å². The molecule has 3 amide bonds. The van der Waals surface area contributed by atoms with E-state index in [1.54, 1.807) is 29.7 Å². The van der Waals surface area contributed by atoms with E-state index in [0.29, 0.717) is 18.2 Å². The molecule has 1 saturated carbocycles. The van der Waals surface area contributed by atoms with Crippen LogP contribution in [0.5, 0.6) is 0 Å². The number of hydrogen-bond acceptors (Lipinski definition) is 10. The van der Waals surface area contributed by atoms with Gasteiger partial charge < -0.3 is 34.2 Å². The van der Waals surface area contributed by atoms with Gasteiger partial charge in [-0.15, -0.1) is 0 Å². The third-order valence-electron chi connectivity index (χ3n) is 7.15. The highest BCUT2D eigenvalue weighted by Crippen LogP contribution is 2.48. The molecule has 2 heterocycles. The van der Waals surface area contributed by atoms with E-state index in [1.807, 2.05) is 37.3 Å². The van der Waals surface area contributed by atoms with E-state index in [1.165, 1.54) is 0 Å². The highest BCUT2D eigenvalue weighted by atomic mass is 31.2. The topological polar surface area (TPSA) is 152 Å². The van der Waals surface area contributed by atoms with Crippen molar-refractivity contribution in [1.82, 2.24) is 25.1 Å². The highest BCUT2D eigenvalue weighted by Gasteiger charge is 2.37. The van der Waals surface area contributed by atoms with Gasteiger partial charge in [0.15, 0.2) is 5.82 Å². The molecule has 1 aromatic heterocycles. The van der Waals surface area contributed by atoms with Crippen LogP contribution in [0.15, 0.2) is 36.4 Å². The predicted molar refractivity (Wildman–Crippen MR) is 166 cm³/mol. The quantitative estimate of drug-likeness (QED) is 0.217. The van der Waals surface area contributed by atoms with Crippen LogP contribution >= 0.6 is 7.60 Å². The number of anilines is 1. The molecule has 1 aliphatic heterocycles. The Balaban J connectivity index is 1.54. The summed E-state index contributed by atoms with van der Waals surface area (Å²) in [6.07, 6.45) is 2.94. The molecule has 14 heteroatoms. The molecule has 13 nitrogen and oxygen atoms in total. The minimum absolute atomic E-state index is 0.0575. The van der Waals surface area contributed by atoms with Crippen LogP contribution in [0.25, 0.3) is 11.4 Å². The van der Waals surface area contributed by atoms with Crippen LogP contribution in [0.2, 0.25) is 0 Å². The first-order valence-corrected chi connectivity index (χ1v) is 17.1. The average molecular weight is 631 g/mol. The Bertz CT molecular complexity index is 1310. The van der Waals surface area contributed by atoms with Gasteiger partial charge in [-0.3, -0.25) is 14.2 Å². The van der Waals surface area contributed by atoms with Gasteiger partial charge in [0.25, 0.3) is 5.91 Å². The van der Waals surface area contributed by atoms with Gasteiger partial charge >= 0.3 is 13.7 Å². The summed E-state index contributed by atoms with van der Waals surface area (Å²) in [5.74, 6) is -0.212. The molecule has 2 aliphatic rings. The number of ether oxygens (including phenoxy) is 1. The number of rotatable bonds is 15. The highest BCUT2D eigenvalue weighted by molar-refractivity contribution is 7.54. The van der Waals surface area contributed by atoms with Crippen LogP contribution < -0.4 is 10.6 Å². The van der Waals surface area contributed by atoms with Crippen LogP contribution in [-0.2, 0) is 23.1 Å². The first-order chi connectivity index (χ1) is 21.2. The largest absolute Gasteiger partial charge is 0.449 e. The second kappa shape index (κ2) is 16.0. The summed E-state index contributed by atoms with van der Waals surface area (Å²) < 4.78 is 29.8. The summed E-state index contributed by atoms with van der Waals surface area (Å²) in [7, 11) is -3.74. The van der Waals surface area contributed by atoms with Crippen molar-refractivity contribution < 1.29 is 32.7 Å². The average Bonchev–Trinajstić information content (AvgIpc) is 3.85. The van der Waals surface area contributed by atoms with E-state index < -0.39 is 31.5 Å². The molecule has 1 aliphatic carbocycles. The Morgan fingerprint density at radius 3 is 2.25 bits per heavy atom. The van der Waals surface area contributed by atoms with E-state index in [0.717, 1.165) is 31.2 Å². The van der Waals surface area contributed by atoms with Gasteiger partial charge in [-0.2, -0.15) is 0 Å². The Hall–Kier alpha value is -3.54. The number of nitrogens with zero attached hydrogens (tertiary/aromatic N) is 4. The monoisotopic (exact) mass is 630 g/mol. The number of hydrogen-bond donors (Lipinski definition) is 2. The molecule has 1 atom stereocenters. The molecular formula is C30H43N6O7P. The molecule has 1 aromatic carbocycles. The molecule has 2 fully saturated rings. The molecule has 240 valence electrons. The maximum absolute atomic E-state index is 13.8. The number of carbonyl (C=O) groups excluding carboxylic acids is 3. The normalized spacial score (nSPS) is 15.9. The van der Waals surface area contributed by atoms with Gasteiger partial charge in [0.05, 0.1) is 26.0 Å². The van der Waals surface area contributed by atoms with Gasteiger partial charge in [-0.25, -0.2) is 14.8 Å². The molecule has 44 heavy (non-hydrogen) atoms. The lowest BCUT2D eigenvalue weighted by Gasteiger charge is -2.36. The van der Waals surface area contributed by atoms with Crippen molar-refractivity contribution in [2.75, 3.05) is 57.5 Å². The number of piperazine rings is 1. The summed E-state index contributed by atoms with van der Waals surface area (Å²) in [5.41, 5.74) is 0.791. The number of carbonyl (C=O) groups is 3. The van der Waals surface area contributed by atoms with Crippen molar-refractivity contribution in [2.24, 2.45) is 0 Å². The standard InChI is InChI=1S/C30H43N6O7P/c1-4-7-19-41-30(39)36-17-15-35(16-18-36)29(38)25(21-44(40,42-5-2)43-6-3)33-28(37)24-20-26(31-23-13-14-23)34-27(32-24)22-11-9-8-10-12-22/h8-12,20,23,25H,4-7,13-19,21H2,1-3H3,(H,33,37)(H,31,32,34)/t25-/m0/s1. The third kappa shape index (κ3) is 9.48. The smallest absolute Gasteiger partial charge is 0.409 e. The van der Waals surface area contributed by atoms with Crippen LogP contribution in [0.3, 0.4) is 0 Å². The number of nitrogens with one attached hydrogen (secondary N) is 2. The minimum atomic E-state index is -3.74. The summed E-state index contributed by atoms with van der Waals surface area (Å²) in [4.78, 5) is 52.2. The van der Waals surface area contributed by atoms with E-state index in [9.17, 15) is 18.9 Å². The molecule has 1 saturated heterocycles. The maximum atomic E-state index is 13.8. The van der Waals surface area contributed by atoms with Crippen LogP contribution in [0.1, 0.15) is 56.9 Å². The van der Waals surface area contributed by atoms with Gasteiger partial charge in [-0.1, -0.05) is 43.7 Å². The lowest BCUT2D eigenvalue weighted by Crippen LogP contribution is -2.57. The molecule has 0 bridgehead atoms. The van der Waals surface area contributed by atoms with E-state index in [-0.39, 0.29) is 57.3 Å². The van der Waals surface area contributed by atoms with Gasteiger partial charge in [0.2, 0.25) is 5.91 Å². The Kier molecular flexibility index (Phi) is 12.1. The van der Waals surface area contributed by atoms with E-state index in [2.05, 4.69) is 20.6 Å². The van der Waals surface area contributed by atoms with Crippen molar-refractivity contribution in [1.29, 1.82) is 0 Å². The Labute approximate surface area is 258 Å². The number of benzene rings is 1. The van der Waals surface area contributed by atoms with Crippen LogP contribution in [0.4, 0.5) is 10.6 Å². The van der Waals surface area contributed by atoms with Crippen molar-refractivity contribution in [3.8, 4) is 11.4 Å². The van der Waals surface area contributed by atoms with Crippen LogP contribution in [-0.4, -0.2) is 102 Å². The number of aromatic nitrogens is 2. The zero-order chi connectivity index (χ0) is 31.5. The molecule has 4 rings (SSSR count). The molecule has 0 spiro atoms. The van der Waals surface area contributed by atoms with E-state index in [4.69, 9.17) is 13.8 Å².